The third-order valence-corrected chi connectivity index (χ3v) is 7.95. The molecular weight excluding hydrogens is 645 g/mol. The summed E-state index contributed by atoms with van der Waals surface area (Å²) in [7, 11) is 1.54. The van der Waals surface area contributed by atoms with E-state index in [2.05, 4.69) is 20.7 Å². The lowest BCUT2D eigenvalue weighted by Gasteiger charge is -2.27. The number of hydrogen-bond donors (Lipinski definition) is 4. The van der Waals surface area contributed by atoms with Crippen LogP contribution in [0.3, 0.4) is 0 Å². The molecule has 5 rings (SSSR count). The number of hydrogen-bond acceptors (Lipinski definition) is 11. The van der Waals surface area contributed by atoms with Crippen molar-refractivity contribution in [1.82, 2.24) is 19.3 Å². The first kappa shape index (κ1) is 34.6. The lowest BCUT2D eigenvalue weighted by molar-refractivity contribution is -0.384. The minimum Gasteiger partial charge on any atom is -0.491 e. The molecule has 0 bridgehead atoms. The summed E-state index contributed by atoms with van der Waals surface area (Å²) in [4.78, 5) is 53.2. The van der Waals surface area contributed by atoms with Crippen LogP contribution in [0, 0.1) is 22.9 Å². The number of amides is 3. The number of carbonyl (C=O) groups excluding carboxylic acids is 3. The molecule has 260 valence electrons. The molecule has 18 heteroatoms. The highest BCUT2D eigenvalue weighted by molar-refractivity contribution is 6.04. The van der Waals surface area contributed by atoms with Gasteiger partial charge in [-0.15, -0.1) is 0 Å². The van der Waals surface area contributed by atoms with E-state index in [0.717, 1.165) is 6.07 Å². The maximum absolute atomic E-state index is 14.9. The topological polar surface area (TPSA) is 234 Å². The highest BCUT2D eigenvalue weighted by atomic mass is 19.1. The molecule has 4 aromatic rings. The number of nitrogens with two attached hydrogens (primary N) is 2. The smallest absolute Gasteiger partial charge is 0.296 e. The van der Waals surface area contributed by atoms with E-state index in [4.69, 9.17) is 25.7 Å². The summed E-state index contributed by atoms with van der Waals surface area (Å²) in [6.45, 7) is 4.36. The summed E-state index contributed by atoms with van der Waals surface area (Å²) in [5.41, 5.74) is 11.3. The zero-order chi connectivity index (χ0) is 35.4. The number of nitrogens with zero attached hydrogens (tertiary/aromatic N) is 5. The number of nitrogens with one attached hydrogen (secondary N) is 2. The fraction of sp³-hybridized carbons (Fsp3) is 0.387. The second-order valence-electron chi connectivity index (χ2n) is 11.2. The summed E-state index contributed by atoms with van der Waals surface area (Å²) < 4.78 is 34.8. The molecule has 2 aromatic carbocycles. The van der Waals surface area contributed by atoms with E-state index in [1.807, 2.05) is 0 Å². The van der Waals surface area contributed by atoms with Gasteiger partial charge in [0.1, 0.15) is 23.6 Å². The zero-order valence-electron chi connectivity index (χ0n) is 27.1. The maximum Gasteiger partial charge on any atom is 0.296 e. The molecule has 3 amide bonds. The lowest BCUT2D eigenvalue weighted by atomic mass is 10.1. The van der Waals surface area contributed by atoms with Gasteiger partial charge in [0.2, 0.25) is 17.8 Å². The number of imidazole rings is 1. The minimum absolute atomic E-state index is 0.0711. The van der Waals surface area contributed by atoms with Crippen molar-refractivity contribution in [3.63, 3.8) is 0 Å². The van der Waals surface area contributed by atoms with Crippen LogP contribution in [0.4, 0.5) is 21.7 Å². The Morgan fingerprint density at radius 1 is 1.14 bits per heavy atom. The van der Waals surface area contributed by atoms with Gasteiger partial charge in [0.15, 0.2) is 17.2 Å². The minimum atomic E-state index is -0.844. The number of aryl methyl sites for hydroxylation is 2. The van der Waals surface area contributed by atoms with E-state index in [9.17, 15) is 28.9 Å². The molecule has 1 aliphatic heterocycles. The summed E-state index contributed by atoms with van der Waals surface area (Å²) in [6.07, 6.45) is 1.36. The summed E-state index contributed by atoms with van der Waals surface area (Å²) >= 11 is 0. The summed E-state index contributed by atoms with van der Waals surface area (Å²) in [5.74, 6) is -2.54. The molecule has 0 radical (unpaired) electrons. The van der Waals surface area contributed by atoms with Gasteiger partial charge in [0.05, 0.1) is 28.8 Å². The van der Waals surface area contributed by atoms with E-state index >= 15 is 0 Å². The number of methoxy groups -OCH3 is 1. The molecule has 0 unspecified atom stereocenters. The third kappa shape index (κ3) is 7.08. The van der Waals surface area contributed by atoms with E-state index in [-0.39, 0.29) is 71.9 Å². The number of primary amides is 2. The van der Waals surface area contributed by atoms with Crippen molar-refractivity contribution in [2.45, 2.75) is 45.7 Å². The van der Waals surface area contributed by atoms with Crippen molar-refractivity contribution in [3.05, 3.63) is 62.7 Å². The lowest BCUT2D eigenvalue weighted by Crippen LogP contribution is -2.27. The Labute approximate surface area is 278 Å². The predicted octanol–water partition coefficient (Wildman–Crippen LogP) is 3.30. The van der Waals surface area contributed by atoms with Crippen LogP contribution in [0.2, 0.25) is 0 Å². The van der Waals surface area contributed by atoms with Gasteiger partial charge in [0, 0.05) is 50.4 Å². The van der Waals surface area contributed by atoms with E-state index in [1.54, 1.807) is 11.5 Å². The van der Waals surface area contributed by atoms with Crippen LogP contribution in [-0.2, 0) is 11.3 Å². The van der Waals surface area contributed by atoms with Crippen molar-refractivity contribution in [3.8, 4) is 11.5 Å². The maximum atomic E-state index is 14.9. The normalized spacial score (nSPS) is 13.6. The quantitative estimate of drug-likeness (QED) is 0.0761. The average Bonchev–Trinajstić information content (AvgIpc) is 3.58. The summed E-state index contributed by atoms with van der Waals surface area (Å²) in [6, 6.07) is 5.00. The van der Waals surface area contributed by atoms with Crippen molar-refractivity contribution >= 4 is 46.1 Å². The Bertz CT molecular complexity index is 1940. The number of halogens is 1. The first-order valence-electron chi connectivity index (χ1n) is 15.5. The summed E-state index contributed by atoms with van der Waals surface area (Å²) in [5, 5.41) is 21.8. The molecule has 6 N–H and O–H groups in total. The molecule has 17 nitrogen and oxygen atoms in total. The van der Waals surface area contributed by atoms with Gasteiger partial charge in [-0.2, -0.15) is 5.10 Å². The van der Waals surface area contributed by atoms with Crippen molar-refractivity contribution in [1.29, 1.82) is 0 Å². The molecule has 0 spiro atoms. The SMILES string of the molecule is CCn1nc(C)c(F)c1C(=O)Nc1nc2cc(C(N)=O)cc3c2n1[C@@H](CCCNc1c(OCCCOC)cc(C(N)=O)cc1[N+](=O)[O-])CO3. The number of ether oxygens (including phenoxy) is 3. The van der Waals surface area contributed by atoms with Crippen LogP contribution in [-0.4, -0.2) is 75.5 Å². The Morgan fingerprint density at radius 3 is 2.55 bits per heavy atom. The molecule has 1 atom stereocenters. The van der Waals surface area contributed by atoms with Crippen LogP contribution in [0.25, 0.3) is 11.0 Å². The fourth-order valence-corrected chi connectivity index (χ4v) is 5.64. The molecule has 0 saturated carbocycles. The first-order chi connectivity index (χ1) is 23.4. The second kappa shape index (κ2) is 14.5. The Morgan fingerprint density at radius 2 is 1.88 bits per heavy atom. The standard InChI is InChI=1S/C31H36FN9O8/c1-4-39-27(24(32)16(2)38-39)30(44)37-31-36-20-11-17(28(33)42)14-23-26(20)40(31)19(15-49-23)7-5-8-35-25-21(41(45)46)12-18(29(34)43)13-22(25)48-10-6-9-47-3/h11-14,19,35H,4-10,15H2,1-3H3,(H2,33,42)(H2,34,43)(H,36,37,44)/t19-/m0/s1. The highest BCUT2D eigenvalue weighted by Gasteiger charge is 2.31. The largest absolute Gasteiger partial charge is 0.491 e. The molecule has 49 heavy (non-hydrogen) atoms. The van der Waals surface area contributed by atoms with E-state index in [0.29, 0.717) is 42.7 Å². The molecule has 2 aromatic heterocycles. The predicted molar refractivity (Wildman–Crippen MR) is 175 cm³/mol. The van der Waals surface area contributed by atoms with E-state index in [1.165, 1.54) is 36.9 Å². The monoisotopic (exact) mass is 681 g/mol. The number of anilines is 2. The first-order valence-corrected chi connectivity index (χ1v) is 15.5. The van der Waals surface area contributed by atoms with Crippen molar-refractivity contribution in [2.75, 3.05) is 44.1 Å². The van der Waals surface area contributed by atoms with E-state index < -0.39 is 34.5 Å². The van der Waals surface area contributed by atoms with Gasteiger partial charge < -0.3 is 35.6 Å². The Kier molecular flexibility index (Phi) is 10.3. The molecule has 3 heterocycles. The molecule has 0 aliphatic carbocycles. The third-order valence-electron chi connectivity index (χ3n) is 7.95. The van der Waals surface area contributed by atoms with Crippen LogP contribution in [0.1, 0.15) is 69.1 Å². The second-order valence-corrected chi connectivity index (χ2v) is 11.2. The fourth-order valence-electron chi connectivity index (χ4n) is 5.64. The Balaban J connectivity index is 1.41. The van der Waals surface area contributed by atoms with Crippen LogP contribution in [0.5, 0.6) is 11.5 Å². The van der Waals surface area contributed by atoms with Crippen molar-refractivity contribution < 1.29 is 37.9 Å². The average molecular weight is 682 g/mol. The van der Waals surface area contributed by atoms with Gasteiger partial charge >= 0.3 is 0 Å². The zero-order valence-corrected chi connectivity index (χ0v) is 27.1. The molecule has 1 aliphatic rings. The molecular formula is C31H36FN9O8. The van der Waals surface area contributed by atoms with Gasteiger partial charge in [-0.25, -0.2) is 9.37 Å². The Hall–Kier alpha value is -5.78. The number of carbonyl (C=O) groups is 3. The highest BCUT2D eigenvalue weighted by Crippen LogP contribution is 2.40. The van der Waals surface area contributed by atoms with Crippen LogP contribution < -0.4 is 31.6 Å². The van der Waals surface area contributed by atoms with Gasteiger partial charge in [-0.3, -0.25) is 34.5 Å². The molecule has 0 saturated heterocycles. The van der Waals surface area contributed by atoms with Crippen molar-refractivity contribution in [2.24, 2.45) is 11.5 Å². The number of nitro benzene ring substituents is 1. The number of nitro groups is 1. The number of aromatic nitrogens is 4. The molecule has 0 fully saturated rings. The van der Waals surface area contributed by atoms with Crippen LogP contribution in [0.15, 0.2) is 24.3 Å². The number of rotatable bonds is 16. The van der Waals surface area contributed by atoms with Gasteiger partial charge in [-0.1, -0.05) is 0 Å². The van der Waals surface area contributed by atoms with Gasteiger partial charge in [0.25, 0.3) is 11.6 Å². The van der Waals surface area contributed by atoms with Gasteiger partial charge in [-0.05, 0) is 44.9 Å². The van der Waals surface area contributed by atoms with Crippen LogP contribution >= 0.6 is 0 Å². The number of benzene rings is 2.